The van der Waals surface area contributed by atoms with E-state index in [1.807, 2.05) is 30.1 Å². The molecule has 1 aromatic rings. The van der Waals surface area contributed by atoms with Gasteiger partial charge in [-0.2, -0.15) is 0 Å². The van der Waals surface area contributed by atoms with Crippen molar-refractivity contribution in [2.24, 2.45) is 0 Å². The molecule has 2 unspecified atom stereocenters. The molecular weight excluding hydrogens is 294 g/mol. The van der Waals surface area contributed by atoms with Gasteiger partial charge in [-0.25, -0.2) is 0 Å². The molecule has 1 aliphatic heterocycles. The van der Waals surface area contributed by atoms with Crippen molar-refractivity contribution in [2.45, 2.75) is 31.8 Å². The van der Waals surface area contributed by atoms with Gasteiger partial charge in [0.2, 0.25) is 5.91 Å². The van der Waals surface area contributed by atoms with E-state index < -0.39 is 6.04 Å². The summed E-state index contributed by atoms with van der Waals surface area (Å²) in [6.45, 7) is 3.06. The van der Waals surface area contributed by atoms with Gasteiger partial charge in [0, 0.05) is 19.1 Å². The first kappa shape index (κ1) is 17.3. The number of likely N-dealkylation sites (tertiary alicyclic amines) is 1. The van der Waals surface area contributed by atoms with Crippen LogP contribution in [-0.4, -0.2) is 55.5 Å². The van der Waals surface area contributed by atoms with E-state index in [2.05, 4.69) is 10.6 Å². The molecule has 2 atom stereocenters. The number of hydrogen-bond donors (Lipinski definition) is 2. The van der Waals surface area contributed by atoms with E-state index in [9.17, 15) is 9.59 Å². The van der Waals surface area contributed by atoms with Crippen LogP contribution < -0.4 is 15.4 Å². The zero-order valence-electron chi connectivity index (χ0n) is 13.7. The Balaban J connectivity index is 1.77. The first-order valence-electron chi connectivity index (χ1n) is 8.03. The average Bonchev–Trinajstić information content (AvgIpc) is 2.60. The number of rotatable bonds is 6. The highest BCUT2D eigenvalue weighted by Gasteiger charge is 2.26. The van der Waals surface area contributed by atoms with E-state index in [1.54, 1.807) is 19.1 Å². The third-order valence-electron chi connectivity index (χ3n) is 4.00. The molecule has 0 radical (unpaired) electrons. The third-order valence-corrected chi connectivity index (χ3v) is 4.00. The summed E-state index contributed by atoms with van der Waals surface area (Å²) in [5.41, 5.74) is 0. The number of amides is 2. The number of likely N-dealkylation sites (N-methyl/N-ethyl adjacent to an activating group) is 1. The molecular formula is C17H25N3O3. The summed E-state index contributed by atoms with van der Waals surface area (Å²) in [7, 11) is 1.91. The van der Waals surface area contributed by atoms with Crippen molar-refractivity contribution in [1.29, 1.82) is 0 Å². The van der Waals surface area contributed by atoms with Gasteiger partial charge in [0.25, 0.3) is 5.91 Å². The molecule has 2 amide bonds. The maximum Gasteiger partial charge on any atom is 0.258 e. The number of nitrogens with zero attached hydrogens (tertiary/aromatic N) is 1. The van der Waals surface area contributed by atoms with Crippen LogP contribution in [0.1, 0.15) is 19.8 Å². The lowest BCUT2D eigenvalue weighted by Gasteiger charge is -2.34. The minimum Gasteiger partial charge on any atom is -0.484 e. The molecule has 2 N–H and O–H groups in total. The number of carbonyl (C=O) groups excluding carboxylic acids is 2. The Morgan fingerprint density at radius 3 is 2.78 bits per heavy atom. The molecule has 0 aliphatic carbocycles. The predicted molar refractivity (Wildman–Crippen MR) is 88.2 cm³/mol. The van der Waals surface area contributed by atoms with Crippen LogP contribution in [0.5, 0.6) is 5.75 Å². The quantitative estimate of drug-likeness (QED) is 0.813. The van der Waals surface area contributed by atoms with Crippen LogP contribution in [0.2, 0.25) is 0 Å². The molecule has 1 saturated heterocycles. The fourth-order valence-electron chi connectivity index (χ4n) is 2.70. The Morgan fingerprint density at radius 2 is 2.09 bits per heavy atom. The van der Waals surface area contributed by atoms with Gasteiger partial charge in [-0.05, 0) is 38.9 Å². The molecule has 0 saturated carbocycles. The smallest absolute Gasteiger partial charge is 0.258 e. The normalized spacial score (nSPS) is 19.0. The molecule has 0 aromatic heterocycles. The van der Waals surface area contributed by atoms with Gasteiger partial charge in [0.1, 0.15) is 11.8 Å². The molecule has 1 aromatic carbocycles. The molecule has 0 spiro atoms. The minimum atomic E-state index is -0.544. The Kier molecular flexibility index (Phi) is 6.40. The maximum atomic E-state index is 12.4. The van der Waals surface area contributed by atoms with Crippen molar-refractivity contribution in [3.05, 3.63) is 30.3 Å². The first-order chi connectivity index (χ1) is 11.1. The van der Waals surface area contributed by atoms with Crippen LogP contribution >= 0.6 is 0 Å². The van der Waals surface area contributed by atoms with Gasteiger partial charge in [-0.3, -0.25) is 9.59 Å². The number of piperidine rings is 1. The Morgan fingerprint density at radius 1 is 1.35 bits per heavy atom. The van der Waals surface area contributed by atoms with E-state index in [-0.39, 0.29) is 18.4 Å². The van der Waals surface area contributed by atoms with Crippen LogP contribution in [0.3, 0.4) is 0 Å². The standard InChI is InChI=1S/C17H25N3O3/c1-13(17(22)20-10-6-7-14(11-20)18-2)19-16(21)12-23-15-8-4-3-5-9-15/h3-5,8-9,13-14,18H,6-7,10-12H2,1-2H3,(H,19,21). The van der Waals surface area contributed by atoms with Gasteiger partial charge in [0.15, 0.2) is 6.61 Å². The molecule has 1 aliphatic rings. The monoisotopic (exact) mass is 319 g/mol. The lowest BCUT2D eigenvalue weighted by molar-refractivity contribution is -0.137. The minimum absolute atomic E-state index is 0.0435. The molecule has 2 rings (SSSR count). The Bertz CT molecular complexity index is 521. The predicted octanol–water partition coefficient (Wildman–Crippen LogP) is 0.781. The van der Waals surface area contributed by atoms with Crippen LogP contribution in [0.25, 0.3) is 0 Å². The van der Waals surface area contributed by atoms with Crippen LogP contribution in [0.4, 0.5) is 0 Å². The van der Waals surface area contributed by atoms with Gasteiger partial charge in [0.05, 0.1) is 0 Å². The average molecular weight is 319 g/mol. The molecule has 126 valence electrons. The highest BCUT2D eigenvalue weighted by Crippen LogP contribution is 2.11. The van der Waals surface area contributed by atoms with Gasteiger partial charge >= 0.3 is 0 Å². The van der Waals surface area contributed by atoms with E-state index in [0.29, 0.717) is 18.3 Å². The third kappa shape index (κ3) is 5.25. The molecule has 1 fully saturated rings. The molecule has 23 heavy (non-hydrogen) atoms. The summed E-state index contributed by atoms with van der Waals surface area (Å²) < 4.78 is 5.38. The number of para-hydroxylation sites is 1. The van der Waals surface area contributed by atoms with Crippen molar-refractivity contribution < 1.29 is 14.3 Å². The molecule has 6 nitrogen and oxygen atoms in total. The summed E-state index contributed by atoms with van der Waals surface area (Å²) in [4.78, 5) is 26.1. The van der Waals surface area contributed by atoms with Gasteiger partial charge in [-0.1, -0.05) is 18.2 Å². The topological polar surface area (TPSA) is 70.7 Å². The Hall–Kier alpha value is -2.08. The molecule has 0 bridgehead atoms. The highest BCUT2D eigenvalue weighted by molar-refractivity contribution is 5.87. The second-order valence-corrected chi connectivity index (χ2v) is 5.80. The van der Waals surface area contributed by atoms with Crippen LogP contribution in [0, 0.1) is 0 Å². The fourth-order valence-corrected chi connectivity index (χ4v) is 2.70. The van der Waals surface area contributed by atoms with Crippen molar-refractivity contribution in [1.82, 2.24) is 15.5 Å². The first-order valence-corrected chi connectivity index (χ1v) is 8.03. The SMILES string of the molecule is CNC1CCCN(C(=O)C(C)NC(=O)COc2ccccc2)C1. The number of benzene rings is 1. The van der Waals surface area contributed by atoms with Crippen molar-refractivity contribution in [2.75, 3.05) is 26.7 Å². The summed E-state index contributed by atoms with van der Waals surface area (Å²) >= 11 is 0. The van der Waals surface area contributed by atoms with Crippen molar-refractivity contribution >= 4 is 11.8 Å². The van der Waals surface area contributed by atoms with Crippen LogP contribution in [-0.2, 0) is 9.59 Å². The van der Waals surface area contributed by atoms with Crippen molar-refractivity contribution in [3.63, 3.8) is 0 Å². The van der Waals surface area contributed by atoms with Gasteiger partial charge in [-0.15, -0.1) is 0 Å². The zero-order chi connectivity index (χ0) is 16.7. The number of ether oxygens (including phenoxy) is 1. The molecule has 6 heteroatoms. The number of hydrogen-bond acceptors (Lipinski definition) is 4. The highest BCUT2D eigenvalue weighted by atomic mass is 16.5. The fraction of sp³-hybridized carbons (Fsp3) is 0.529. The second-order valence-electron chi connectivity index (χ2n) is 5.80. The molecule has 1 heterocycles. The van der Waals surface area contributed by atoms with Crippen LogP contribution in [0.15, 0.2) is 30.3 Å². The summed E-state index contributed by atoms with van der Waals surface area (Å²) in [5.74, 6) is 0.296. The Labute approximate surface area is 137 Å². The summed E-state index contributed by atoms with van der Waals surface area (Å²) in [5, 5.41) is 5.91. The second kappa shape index (κ2) is 8.53. The van der Waals surface area contributed by atoms with E-state index >= 15 is 0 Å². The number of nitrogens with one attached hydrogen (secondary N) is 2. The van der Waals surface area contributed by atoms with Crippen molar-refractivity contribution in [3.8, 4) is 5.75 Å². The lowest BCUT2D eigenvalue weighted by Crippen LogP contribution is -2.53. The largest absolute Gasteiger partial charge is 0.484 e. The van der Waals surface area contributed by atoms with E-state index in [0.717, 1.165) is 19.4 Å². The summed E-state index contributed by atoms with van der Waals surface area (Å²) in [6, 6.07) is 8.92. The maximum absolute atomic E-state index is 12.4. The van der Waals surface area contributed by atoms with Gasteiger partial charge < -0.3 is 20.3 Å². The summed E-state index contributed by atoms with van der Waals surface area (Å²) in [6.07, 6.45) is 2.06. The number of carbonyl (C=O) groups is 2. The zero-order valence-corrected chi connectivity index (χ0v) is 13.7. The lowest BCUT2D eigenvalue weighted by atomic mass is 10.1. The van der Waals surface area contributed by atoms with E-state index in [1.165, 1.54) is 0 Å². The van der Waals surface area contributed by atoms with E-state index in [4.69, 9.17) is 4.74 Å².